The monoisotopic (exact) mass is 241 g/mol. The van der Waals surface area contributed by atoms with E-state index in [0.29, 0.717) is 0 Å². The third kappa shape index (κ3) is 2.33. The molecule has 0 aliphatic carbocycles. The van der Waals surface area contributed by atoms with Gasteiger partial charge >= 0.3 is 0 Å². The van der Waals surface area contributed by atoms with Crippen LogP contribution in [0.4, 0.5) is 5.69 Å². The van der Waals surface area contributed by atoms with Crippen molar-refractivity contribution in [2.45, 2.75) is 20.4 Å². The molecule has 0 saturated heterocycles. The van der Waals surface area contributed by atoms with E-state index in [1.807, 2.05) is 26.0 Å². The molecule has 0 aliphatic heterocycles. The number of nitrogens with zero attached hydrogens (tertiary/aromatic N) is 1. The molecule has 0 spiro atoms. The molecular formula is C10H12ClN3S. The lowest BCUT2D eigenvalue weighted by Gasteiger charge is -2.03. The minimum Gasteiger partial charge on any atom is -0.377 e. The van der Waals surface area contributed by atoms with Crippen LogP contribution >= 0.6 is 22.9 Å². The highest BCUT2D eigenvalue weighted by Gasteiger charge is 2.05. The van der Waals surface area contributed by atoms with Gasteiger partial charge in [0, 0.05) is 11.4 Å². The fourth-order valence-corrected chi connectivity index (χ4v) is 2.46. The largest absolute Gasteiger partial charge is 0.377 e. The molecule has 0 fully saturated rings. The molecule has 2 N–H and O–H groups in total. The van der Waals surface area contributed by atoms with Crippen LogP contribution in [0.2, 0.25) is 4.34 Å². The Morgan fingerprint density at radius 1 is 1.47 bits per heavy atom. The Labute approximate surface area is 97.5 Å². The van der Waals surface area contributed by atoms with Gasteiger partial charge in [0.2, 0.25) is 0 Å². The second kappa shape index (κ2) is 4.24. The van der Waals surface area contributed by atoms with E-state index in [9.17, 15) is 0 Å². The van der Waals surface area contributed by atoms with Crippen LogP contribution in [0, 0.1) is 13.8 Å². The number of H-pyrrole nitrogens is 1. The highest BCUT2D eigenvalue weighted by molar-refractivity contribution is 7.16. The molecule has 0 unspecified atom stereocenters. The molecule has 15 heavy (non-hydrogen) atoms. The van der Waals surface area contributed by atoms with E-state index in [0.717, 1.165) is 28.0 Å². The second-order valence-electron chi connectivity index (χ2n) is 3.37. The lowest BCUT2D eigenvalue weighted by molar-refractivity contribution is 1.02. The third-order valence-electron chi connectivity index (χ3n) is 2.20. The van der Waals surface area contributed by atoms with E-state index in [4.69, 9.17) is 11.6 Å². The average molecular weight is 242 g/mol. The van der Waals surface area contributed by atoms with Crippen molar-refractivity contribution in [2.75, 3.05) is 5.32 Å². The van der Waals surface area contributed by atoms with Crippen LogP contribution in [0.5, 0.6) is 0 Å². The summed E-state index contributed by atoms with van der Waals surface area (Å²) in [6.07, 6.45) is 0. The lowest BCUT2D eigenvalue weighted by Crippen LogP contribution is -1.99. The molecule has 80 valence electrons. The van der Waals surface area contributed by atoms with Gasteiger partial charge < -0.3 is 5.32 Å². The molecule has 0 atom stereocenters. The van der Waals surface area contributed by atoms with Crippen molar-refractivity contribution in [1.82, 2.24) is 10.2 Å². The van der Waals surface area contributed by atoms with Crippen molar-refractivity contribution < 1.29 is 0 Å². The Balaban J connectivity index is 2.05. The fourth-order valence-electron chi connectivity index (χ4n) is 1.43. The van der Waals surface area contributed by atoms with Crippen LogP contribution in [-0.2, 0) is 6.54 Å². The lowest BCUT2D eigenvalue weighted by atomic mass is 10.3. The Morgan fingerprint density at radius 3 is 2.80 bits per heavy atom. The van der Waals surface area contributed by atoms with Gasteiger partial charge in [-0.3, -0.25) is 5.10 Å². The quantitative estimate of drug-likeness (QED) is 0.865. The molecule has 0 bridgehead atoms. The van der Waals surface area contributed by atoms with Gasteiger partial charge in [0.25, 0.3) is 0 Å². The molecule has 2 heterocycles. The zero-order chi connectivity index (χ0) is 10.8. The van der Waals surface area contributed by atoms with Gasteiger partial charge in [-0.05, 0) is 26.0 Å². The Morgan fingerprint density at radius 2 is 2.27 bits per heavy atom. The van der Waals surface area contributed by atoms with Gasteiger partial charge in [0.1, 0.15) is 0 Å². The third-order valence-corrected chi connectivity index (χ3v) is 3.43. The minimum absolute atomic E-state index is 0.790. The van der Waals surface area contributed by atoms with E-state index in [1.165, 1.54) is 4.88 Å². The standard InChI is InChI=1S/C10H12ClN3S/c1-6-10(7(2)14-13-6)12-5-8-3-4-9(11)15-8/h3-4,12H,5H2,1-2H3,(H,13,14). The van der Waals surface area contributed by atoms with Crippen molar-refractivity contribution in [3.8, 4) is 0 Å². The van der Waals surface area contributed by atoms with Gasteiger partial charge in [-0.25, -0.2) is 0 Å². The molecule has 0 aromatic carbocycles. The highest BCUT2D eigenvalue weighted by Crippen LogP contribution is 2.23. The van der Waals surface area contributed by atoms with Crippen LogP contribution < -0.4 is 5.32 Å². The minimum atomic E-state index is 0.790. The Kier molecular flexibility index (Phi) is 2.98. The van der Waals surface area contributed by atoms with Crippen LogP contribution in [0.25, 0.3) is 0 Å². The number of hydrogen-bond donors (Lipinski definition) is 2. The first kappa shape index (κ1) is 10.5. The number of nitrogens with one attached hydrogen (secondary N) is 2. The maximum Gasteiger partial charge on any atom is 0.0931 e. The number of anilines is 1. The first-order chi connectivity index (χ1) is 7.16. The van der Waals surface area contributed by atoms with Crippen molar-refractivity contribution in [1.29, 1.82) is 0 Å². The smallest absolute Gasteiger partial charge is 0.0931 e. The number of halogens is 1. The van der Waals surface area contributed by atoms with Crippen molar-refractivity contribution in [2.24, 2.45) is 0 Å². The average Bonchev–Trinajstić information content (AvgIpc) is 2.73. The van der Waals surface area contributed by atoms with E-state index in [-0.39, 0.29) is 0 Å². The van der Waals surface area contributed by atoms with E-state index in [2.05, 4.69) is 15.5 Å². The zero-order valence-electron chi connectivity index (χ0n) is 8.60. The molecule has 0 radical (unpaired) electrons. The van der Waals surface area contributed by atoms with Crippen molar-refractivity contribution in [3.05, 3.63) is 32.7 Å². The van der Waals surface area contributed by atoms with Gasteiger partial charge in [-0.15, -0.1) is 11.3 Å². The first-order valence-electron chi connectivity index (χ1n) is 4.66. The van der Waals surface area contributed by atoms with Crippen LogP contribution in [0.3, 0.4) is 0 Å². The Bertz CT molecular complexity index is 441. The summed E-state index contributed by atoms with van der Waals surface area (Å²) in [5, 5.41) is 10.4. The highest BCUT2D eigenvalue weighted by atomic mass is 35.5. The Hall–Kier alpha value is -1.000. The van der Waals surface area contributed by atoms with Gasteiger partial charge in [0.15, 0.2) is 0 Å². The summed E-state index contributed by atoms with van der Waals surface area (Å²) >= 11 is 7.45. The maximum absolute atomic E-state index is 5.86. The van der Waals surface area contributed by atoms with E-state index < -0.39 is 0 Å². The van der Waals surface area contributed by atoms with Crippen LogP contribution in [0.15, 0.2) is 12.1 Å². The van der Waals surface area contributed by atoms with Crippen molar-refractivity contribution >= 4 is 28.6 Å². The molecule has 2 rings (SSSR count). The summed E-state index contributed by atoms with van der Waals surface area (Å²) in [5.74, 6) is 0. The predicted octanol–water partition coefficient (Wildman–Crippen LogP) is 3.35. The fraction of sp³-hybridized carbons (Fsp3) is 0.300. The molecule has 2 aromatic rings. The number of thiophene rings is 1. The van der Waals surface area contributed by atoms with E-state index in [1.54, 1.807) is 11.3 Å². The molecule has 2 aromatic heterocycles. The van der Waals surface area contributed by atoms with Gasteiger partial charge in [0.05, 0.1) is 21.4 Å². The van der Waals surface area contributed by atoms with Crippen LogP contribution in [0.1, 0.15) is 16.3 Å². The van der Waals surface area contributed by atoms with E-state index >= 15 is 0 Å². The van der Waals surface area contributed by atoms with Gasteiger partial charge in [-0.1, -0.05) is 11.6 Å². The van der Waals surface area contributed by atoms with Crippen molar-refractivity contribution in [3.63, 3.8) is 0 Å². The summed E-state index contributed by atoms with van der Waals surface area (Å²) in [4.78, 5) is 1.22. The topological polar surface area (TPSA) is 40.7 Å². The SMILES string of the molecule is Cc1n[nH]c(C)c1NCc1ccc(Cl)s1. The number of rotatable bonds is 3. The summed E-state index contributed by atoms with van der Waals surface area (Å²) < 4.78 is 0.826. The molecule has 3 nitrogen and oxygen atoms in total. The summed E-state index contributed by atoms with van der Waals surface area (Å²) in [6, 6.07) is 3.95. The number of aromatic nitrogens is 2. The second-order valence-corrected chi connectivity index (χ2v) is 5.17. The number of hydrogen-bond acceptors (Lipinski definition) is 3. The van der Waals surface area contributed by atoms with Gasteiger partial charge in [-0.2, -0.15) is 5.10 Å². The molecule has 0 aliphatic rings. The summed E-state index contributed by atoms with van der Waals surface area (Å²) in [6.45, 7) is 4.77. The molecular weight excluding hydrogens is 230 g/mol. The first-order valence-corrected chi connectivity index (χ1v) is 5.86. The number of aryl methyl sites for hydroxylation is 2. The normalized spacial score (nSPS) is 10.6. The predicted molar refractivity (Wildman–Crippen MR) is 64.7 cm³/mol. The maximum atomic E-state index is 5.86. The summed E-state index contributed by atoms with van der Waals surface area (Å²) in [5.41, 5.74) is 3.14. The molecule has 0 amide bonds. The van der Waals surface area contributed by atoms with Crippen LogP contribution in [-0.4, -0.2) is 10.2 Å². The summed E-state index contributed by atoms with van der Waals surface area (Å²) in [7, 11) is 0. The molecule has 5 heteroatoms. The number of aromatic amines is 1. The zero-order valence-corrected chi connectivity index (χ0v) is 10.2. The molecule has 0 saturated carbocycles.